The number of carbonyl (C=O) groups excluding carboxylic acids is 3. The van der Waals surface area contributed by atoms with Crippen molar-refractivity contribution < 1.29 is 56.4 Å². The number of aliphatic hydroxyl groups is 1. The lowest BCUT2D eigenvalue weighted by molar-refractivity contribution is -0.151. The number of carbonyl (C=O) groups is 3. The SMILES string of the molecule is COC(=O)NC(C(=O)OCn1c(=O)ccn([C@@H]2O[C@H](COP(=O)(N[C@@H](C)C(=O)OC(C)C)Oc3ccccc3)[C@@H](O)[C@@]2(C)F)c1=O)c1ccccn1. The number of halogens is 1. The van der Waals surface area contributed by atoms with Gasteiger partial charge in [-0.25, -0.2) is 27.9 Å². The summed E-state index contributed by atoms with van der Waals surface area (Å²) in [6.45, 7) is 3.79. The lowest BCUT2D eigenvalue weighted by atomic mass is 9.98. The fourth-order valence-corrected chi connectivity index (χ4v) is 6.38. The molecule has 2 unspecified atom stereocenters. The van der Waals surface area contributed by atoms with Gasteiger partial charge in [0.1, 0.15) is 24.0 Å². The quantitative estimate of drug-likeness (QED) is 0.115. The maximum atomic E-state index is 16.2. The highest BCUT2D eigenvalue weighted by Crippen LogP contribution is 2.47. The average Bonchev–Trinajstić information content (AvgIpc) is 3.33. The van der Waals surface area contributed by atoms with Crippen LogP contribution in [0.1, 0.15) is 45.7 Å². The summed E-state index contributed by atoms with van der Waals surface area (Å²) in [5.41, 5.74) is -4.80. The normalized spacial score (nSPS) is 22.1. The summed E-state index contributed by atoms with van der Waals surface area (Å²) >= 11 is 0. The van der Waals surface area contributed by atoms with E-state index in [0.717, 1.165) is 26.3 Å². The molecule has 4 rings (SSSR count). The van der Waals surface area contributed by atoms with Gasteiger partial charge in [-0.05, 0) is 52.0 Å². The molecule has 1 aliphatic heterocycles. The Hall–Kier alpha value is -4.94. The van der Waals surface area contributed by atoms with E-state index >= 15 is 4.39 Å². The van der Waals surface area contributed by atoms with Crippen molar-refractivity contribution in [1.29, 1.82) is 0 Å². The lowest BCUT2D eigenvalue weighted by Gasteiger charge is -2.26. The fourth-order valence-electron chi connectivity index (χ4n) is 4.87. The number of alkyl halides is 1. The second kappa shape index (κ2) is 17.1. The van der Waals surface area contributed by atoms with E-state index in [-0.39, 0.29) is 11.4 Å². The predicted molar refractivity (Wildman–Crippen MR) is 177 cm³/mol. The number of amides is 1. The molecule has 3 aromatic rings. The van der Waals surface area contributed by atoms with Gasteiger partial charge in [-0.15, -0.1) is 0 Å². The molecule has 0 aliphatic carbocycles. The summed E-state index contributed by atoms with van der Waals surface area (Å²) in [5, 5.41) is 15.7. The number of esters is 2. The number of hydrogen-bond acceptors (Lipinski definition) is 14. The van der Waals surface area contributed by atoms with E-state index < -0.39 is 92.7 Å². The van der Waals surface area contributed by atoms with Crippen LogP contribution < -0.4 is 26.2 Å². The van der Waals surface area contributed by atoms with Crippen LogP contribution in [0.4, 0.5) is 9.18 Å². The molecule has 18 nitrogen and oxygen atoms in total. The number of alkyl carbamates (subject to hydrolysis) is 1. The zero-order valence-electron chi connectivity index (χ0n) is 28.7. The van der Waals surface area contributed by atoms with Crippen molar-refractivity contribution in [3.05, 3.63) is 93.5 Å². The van der Waals surface area contributed by atoms with Crippen LogP contribution in [0.2, 0.25) is 0 Å². The van der Waals surface area contributed by atoms with Crippen LogP contribution in [0, 0.1) is 0 Å². The average molecular weight is 752 g/mol. The Morgan fingerprint density at radius 3 is 2.40 bits per heavy atom. The molecule has 0 radical (unpaired) electrons. The molecule has 1 amide bonds. The smallest absolute Gasteiger partial charge is 0.459 e. The number of aliphatic hydroxyl groups excluding tert-OH is 1. The van der Waals surface area contributed by atoms with E-state index in [1.165, 1.54) is 31.3 Å². The molecule has 1 aliphatic rings. The van der Waals surface area contributed by atoms with Crippen LogP contribution in [0.5, 0.6) is 5.75 Å². The van der Waals surface area contributed by atoms with Crippen molar-refractivity contribution in [2.45, 2.75) is 76.7 Å². The van der Waals surface area contributed by atoms with Gasteiger partial charge in [0.15, 0.2) is 24.7 Å². The van der Waals surface area contributed by atoms with Crippen LogP contribution in [0.25, 0.3) is 0 Å². The monoisotopic (exact) mass is 751 g/mol. The molecule has 3 heterocycles. The molecule has 1 aromatic carbocycles. The molecular weight excluding hydrogens is 712 g/mol. The number of pyridine rings is 1. The Balaban J connectivity index is 1.53. The number of rotatable bonds is 15. The van der Waals surface area contributed by atoms with E-state index in [9.17, 15) is 33.6 Å². The van der Waals surface area contributed by atoms with Crippen LogP contribution in [-0.2, 0) is 44.4 Å². The largest absolute Gasteiger partial charge is 0.462 e. The third-order valence-electron chi connectivity index (χ3n) is 7.50. The first-order valence-electron chi connectivity index (χ1n) is 15.8. The zero-order valence-corrected chi connectivity index (χ0v) is 29.6. The first-order chi connectivity index (χ1) is 24.6. The van der Waals surface area contributed by atoms with Gasteiger partial charge in [0.2, 0.25) is 0 Å². The number of nitrogens with zero attached hydrogens (tertiary/aromatic N) is 3. The minimum atomic E-state index is -4.46. The second-order valence-electron chi connectivity index (χ2n) is 11.8. The minimum Gasteiger partial charge on any atom is -0.462 e. The Bertz CT molecular complexity index is 1880. The summed E-state index contributed by atoms with van der Waals surface area (Å²) in [6, 6.07) is 10.5. The maximum Gasteiger partial charge on any atom is 0.459 e. The molecular formula is C32H39FN5O13P. The van der Waals surface area contributed by atoms with Gasteiger partial charge in [0, 0.05) is 18.5 Å². The Morgan fingerprint density at radius 2 is 1.77 bits per heavy atom. The molecule has 7 atom stereocenters. The standard InChI is InChI=1S/C32H39FN5O13P/c1-19(2)49-27(41)20(3)36-52(45,51-21-11-7-6-8-12-21)48-17-23-26(40)32(4,33)29(50-23)37-16-14-24(39)38(31(37)44)18-47-28(42)25(35-30(43)46-5)22-13-9-10-15-34-22/h6-16,19-20,23,25-26,29,40H,17-18H2,1-5H3,(H,35,43)(H,36,45)/t20-,23+,25?,26+,29+,32+,52?/m0/s1. The molecule has 52 heavy (non-hydrogen) atoms. The van der Waals surface area contributed by atoms with Crippen molar-refractivity contribution in [2.24, 2.45) is 0 Å². The number of methoxy groups -OCH3 is 1. The van der Waals surface area contributed by atoms with E-state index in [2.05, 4.69) is 20.1 Å². The third-order valence-corrected chi connectivity index (χ3v) is 9.15. The molecule has 3 N–H and O–H groups in total. The molecule has 0 saturated carbocycles. The van der Waals surface area contributed by atoms with E-state index in [4.69, 9.17) is 23.3 Å². The van der Waals surface area contributed by atoms with Crippen LogP contribution >= 0.6 is 7.75 Å². The first-order valence-corrected chi connectivity index (χ1v) is 17.3. The van der Waals surface area contributed by atoms with Crippen molar-refractivity contribution in [3.8, 4) is 5.75 Å². The Labute approximate surface area is 296 Å². The van der Waals surface area contributed by atoms with Gasteiger partial charge in [0.05, 0.1) is 25.5 Å². The van der Waals surface area contributed by atoms with Crippen molar-refractivity contribution in [2.75, 3.05) is 13.7 Å². The summed E-state index contributed by atoms with van der Waals surface area (Å²) in [4.78, 5) is 67.5. The van der Waals surface area contributed by atoms with Crippen LogP contribution in [0.15, 0.2) is 76.6 Å². The molecule has 282 valence electrons. The zero-order chi connectivity index (χ0) is 38.2. The van der Waals surface area contributed by atoms with E-state index in [1.54, 1.807) is 44.2 Å². The third kappa shape index (κ3) is 9.68. The van der Waals surface area contributed by atoms with Gasteiger partial charge in [0.25, 0.3) is 5.56 Å². The number of nitrogens with one attached hydrogen (secondary N) is 2. The number of aromatic nitrogens is 3. The number of benzene rings is 1. The van der Waals surface area contributed by atoms with E-state index in [1.807, 2.05) is 0 Å². The Kier molecular flexibility index (Phi) is 13.1. The Morgan fingerprint density at radius 1 is 1.08 bits per heavy atom. The summed E-state index contributed by atoms with van der Waals surface area (Å²) in [6.07, 6.45) is -4.63. The van der Waals surface area contributed by atoms with Gasteiger partial charge in [-0.1, -0.05) is 24.3 Å². The van der Waals surface area contributed by atoms with Gasteiger partial charge in [-0.3, -0.25) is 23.7 Å². The first kappa shape index (κ1) is 39.8. The molecule has 1 fully saturated rings. The number of hydrogen-bond donors (Lipinski definition) is 3. The molecule has 0 spiro atoms. The predicted octanol–water partition coefficient (Wildman–Crippen LogP) is 2.12. The van der Waals surface area contributed by atoms with Crippen LogP contribution in [0.3, 0.4) is 0 Å². The van der Waals surface area contributed by atoms with Crippen molar-refractivity contribution in [3.63, 3.8) is 0 Å². The van der Waals surface area contributed by atoms with E-state index in [0.29, 0.717) is 9.13 Å². The molecule has 20 heteroatoms. The highest BCUT2D eigenvalue weighted by atomic mass is 31.2. The van der Waals surface area contributed by atoms with Crippen molar-refractivity contribution in [1.82, 2.24) is 24.5 Å². The number of para-hydroxylation sites is 1. The molecule has 2 aromatic heterocycles. The minimum absolute atomic E-state index is 0.0596. The second-order valence-corrected chi connectivity index (χ2v) is 13.5. The van der Waals surface area contributed by atoms with Crippen LogP contribution in [-0.4, -0.2) is 81.0 Å². The summed E-state index contributed by atoms with van der Waals surface area (Å²) in [7, 11) is -3.39. The highest BCUT2D eigenvalue weighted by molar-refractivity contribution is 7.52. The topological polar surface area (TPSA) is 225 Å². The highest BCUT2D eigenvalue weighted by Gasteiger charge is 2.56. The number of ether oxygens (including phenoxy) is 4. The summed E-state index contributed by atoms with van der Waals surface area (Å²) < 4.78 is 62.8. The summed E-state index contributed by atoms with van der Waals surface area (Å²) in [5.74, 6) is -1.80. The molecule has 0 bridgehead atoms. The maximum absolute atomic E-state index is 16.2. The fraction of sp³-hybridized carbons (Fsp3) is 0.438. The lowest BCUT2D eigenvalue weighted by Crippen LogP contribution is -2.47. The van der Waals surface area contributed by atoms with Gasteiger partial charge in [-0.2, -0.15) is 5.09 Å². The van der Waals surface area contributed by atoms with Crippen molar-refractivity contribution >= 4 is 25.8 Å². The van der Waals surface area contributed by atoms with Gasteiger partial charge < -0.3 is 33.9 Å². The van der Waals surface area contributed by atoms with Gasteiger partial charge >= 0.3 is 31.5 Å². The molecule has 1 saturated heterocycles.